The Morgan fingerprint density at radius 1 is 1.37 bits per heavy atom. The highest BCUT2D eigenvalue weighted by atomic mass is 32.1. The minimum atomic E-state index is -0.0812. The van der Waals surface area contributed by atoms with Gasteiger partial charge in [0, 0.05) is 31.3 Å². The molecule has 0 atom stereocenters. The van der Waals surface area contributed by atoms with E-state index in [1.165, 1.54) is 11.0 Å². The number of furan rings is 1. The lowest BCUT2D eigenvalue weighted by Gasteiger charge is -2.32. The number of nitrogens with one attached hydrogen (secondary N) is 2. The number of hydrogen-bond donors (Lipinski definition) is 2. The fraction of sp³-hybridized carbons (Fsp3) is 0.300. The number of rotatable bonds is 5. The van der Waals surface area contributed by atoms with Gasteiger partial charge in [-0.2, -0.15) is 5.10 Å². The van der Waals surface area contributed by atoms with Crippen LogP contribution in [0.1, 0.15) is 24.4 Å². The number of aryl methyl sites for hydroxylation is 1. The molecule has 0 radical (unpaired) electrons. The number of amides is 1. The van der Waals surface area contributed by atoms with Crippen molar-refractivity contribution in [1.29, 1.82) is 0 Å². The third-order valence-corrected chi connectivity index (χ3v) is 5.58. The molecule has 0 saturated carbocycles. The van der Waals surface area contributed by atoms with Crippen LogP contribution in [0.15, 0.2) is 46.2 Å². The van der Waals surface area contributed by atoms with E-state index in [4.69, 9.17) is 4.42 Å². The van der Waals surface area contributed by atoms with Crippen molar-refractivity contribution in [2.45, 2.75) is 25.8 Å². The minimum Gasteiger partial charge on any atom is -0.462 e. The molecule has 27 heavy (non-hydrogen) atoms. The fourth-order valence-electron chi connectivity index (χ4n) is 3.23. The van der Waals surface area contributed by atoms with Crippen LogP contribution in [0.25, 0.3) is 16.6 Å². The molecule has 0 aliphatic carbocycles. The fourth-order valence-corrected chi connectivity index (χ4v) is 3.93. The largest absolute Gasteiger partial charge is 0.462 e. The summed E-state index contributed by atoms with van der Waals surface area (Å²) >= 11 is 1.70. The number of thiophene rings is 1. The molecule has 7 heteroatoms. The zero-order valence-electron chi connectivity index (χ0n) is 15.1. The Balaban J connectivity index is 1.27. The summed E-state index contributed by atoms with van der Waals surface area (Å²) in [7, 11) is 0. The number of carbonyl (C=O) groups excluding carboxylic acids is 1. The highest BCUT2D eigenvalue weighted by Crippen LogP contribution is 2.27. The molecule has 0 aromatic carbocycles. The van der Waals surface area contributed by atoms with Crippen LogP contribution in [0.3, 0.4) is 0 Å². The molecule has 1 aliphatic rings. The van der Waals surface area contributed by atoms with E-state index in [0.29, 0.717) is 5.76 Å². The second-order valence-corrected chi connectivity index (χ2v) is 7.62. The van der Waals surface area contributed by atoms with Gasteiger partial charge in [0.05, 0.1) is 10.6 Å². The maximum Gasteiger partial charge on any atom is 0.244 e. The first-order valence-electron chi connectivity index (χ1n) is 9.06. The number of anilines is 1. The van der Waals surface area contributed by atoms with Crippen LogP contribution < -0.4 is 10.2 Å². The summed E-state index contributed by atoms with van der Waals surface area (Å²) in [4.78, 5) is 15.6. The SMILES string of the molecule is Cc1ccc(/C=C/C(=O)NC2CCN(c3cc(-c4cccs4)[nH]n3)CC2)o1. The van der Waals surface area contributed by atoms with Gasteiger partial charge in [0.15, 0.2) is 5.82 Å². The molecule has 1 fully saturated rings. The van der Waals surface area contributed by atoms with Crippen molar-refractivity contribution >= 4 is 29.1 Å². The van der Waals surface area contributed by atoms with Crippen LogP contribution in [0.5, 0.6) is 0 Å². The Labute approximate surface area is 161 Å². The van der Waals surface area contributed by atoms with E-state index in [2.05, 4.69) is 37.9 Å². The van der Waals surface area contributed by atoms with Gasteiger partial charge in [-0.3, -0.25) is 9.89 Å². The first-order valence-corrected chi connectivity index (χ1v) is 9.94. The first-order chi connectivity index (χ1) is 13.2. The molecular weight excluding hydrogens is 360 g/mol. The Kier molecular flexibility index (Phi) is 5.11. The Hall–Kier alpha value is -2.80. The second kappa shape index (κ2) is 7.84. The number of piperidine rings is 1. The number of hydrogen-bond acceptors (Lipinski definition) is 5. The van der Waals surface area contributed by atoms with E-state index >= 15 is 0 Å². The van der Waals surface area contributed by atoms with Crippen LogP contribution in [0, 0.1) is 6.92 Å². The molecule has 0 spiro atoms. The van der Waals surface area contributed by atoms with Crippen molar-refractivity contribution in [3.05, 3.63) is 53.3 Å². The average molecular weight is 382 g/mol. The van der Waals surface area contributed by atoms with Gasteiger partial charge in [0.25, 0.3) is 0 Å². The minimum absolute atomic E-state index is 0.0812. The summed E-state index contributed by atoms with van der Waals surface area (Å²) in [5.74, 6) is 2.42. The number of nitrogens with zero attached hydrogens (tertiary/aromatic N) is 2. The van der Waals surface area contributed by atoms with Crippen molar-refractivity contribution < 1.29 is 9.21 Å². The van der Waals surface area contributed by atoms with Gasteiger partial charge in [-0.1, -0.05) is 6.07 Å². The lowest BCUT2D eigenvalue weighted by atomic mass is 10.0. The van der Waals surface area contributed by atoms with Crippen molar-refractivity contribution in [2.24, 2.45) is 0 Å². The van der Waals surface area contributed by atoms with Crippen LogP contribution in [-0.4, -0.2) is 35.2 Å². The smallest absolute Gasteiger partial charge is 0.244 e. The lowest BCUT2D eigenvalue weighted by Crippen LogP contribution is -2.44. The molecule has 0 unspecified atom stereocenters. The molecule has 1 saturated heterocycles. The van der Waals surface area contributed by atoms with Crippen LogP contribution in [-0.2, 0) is 4.79 Å². The first kappa shape index (κ1) is 17.6. The van der Waals surface area contributed by atoms with E-state index in [1.54, 1.807) is 17.4 Å². The molecule has 1 aliphatic heterocycles. The third kappa shape index (κ3) is 4.31. The van der Waals surface area contributed by atoms with Gasteiger partial charge in [-0.15, -0.1) is 11.3 Å². The van der Waals surface area contributed by atoms with Crippen molar-refractivity contribution in [3.63, 3.8) is 0 Å². The predicted octanol–water partition coefficient (Wildman–Crippen LogP) is 3.84. The number of H-pyrrole nitrogens is 1. The topological polar surface area (TPSA) is 74.2 Å². The third-order valence-electron chi connectivity index (χ3n) is 4.68. The zero-order valence-corrected chi connectivity index (χ0v) is 16.0. The van der Waals surface area contributed by atoms with Crippen LogP contribution in [0.4, 0.5) is 5.82 Å². The Morgan fingerprint density at radius 3 is 2.93 bits per heavy atom. The number of aromatic amines is 1. The quantitative estimate of drug-likeness (QED) is 0.658. The van der Waals surface area contributed by atoms with Gasteiger partial charge in [0.1, 0.15) is 11.5 Å². The molecule has 4 rings (SSSR count). The highest BCUT2D eigenvalue weighted by molar-refractivity contribution is 7.13. The lowest BCUT2D eigenvalue weighted by molar-refractivity contribution is -0.117. The summed E-state index contributed by atoms with van der Waals surface area (Å²) in [5.41, 5.74) is 1.05. The molecular formula is C20H22N4O2S. The van der Waals surface area contributed by atoms with Crippen molar-refractivity contribution in [2.75, 3.05) is 18.0 Å². The normalized spacial score (nSPS) is 15.5. The molecule has 0 bridgehead atoms. The monoisotopic (exact) mass is 382 g/mol. The van der Waals surface area contributed by atoms with Gasteiger partial charge in [-0.25, -0.2) is 0 Å². The molecule has 6 nitrogen and oxygen atoms in total. The van der Waals surface area contributed by atoms with Crippen LogP contribution in [0.2, 0.25) is 0 Å². The molecule has 3 aromatic rings. The summed E-state index contributed by atoms with van der Waals surface area (Å²) in [6.07, 6.45) is 5.04. The van der Waals surface area contributed by atoms with Crippen molar-refractivity contribution in [3.8, 4) is 10.6 Å². The van der Waals surface area contributed by atoms with E-state index < -0.39 is 0 Å². The zero-order chi connectivity index (χ0) is 18.6. The van der Waals surface area contributed by atoms with E-state index in [9.17, 15) is 4.79 Å². The van der Waals surface area contributed by atoms with E-state index in [1.807, 2.05) is 25.1 Å². The van der Waals surface area contributed by atoms with Gasteiger partial charge < -0.3 is 14.6 Å². The Bertz CT molecular complexity index is 918. The van der Waals surface area contributed by atoms with Gasteiger partial charge >= 0.3 is 0 Å². The number of aromatic nitrogens is 2. The average Bonchev–Trinajstić information content (AvgIpc) is 3.42. The predicted molar refractivity (Wildman–Crippen MR) is 108 cm³/mol. The van der Waals surface area contributed by atoms with Crippen molar-refractivity contribution in [1.82, 2.24) is 15.5 Å². The second-order valence-electron chi connectivity index (χ2n) is 6.67. The molecule has 4 heterocycles. The standard InChI is InChI=1S/C20H22N4O2S/c1-14-4-5-16(26-14)6-7-20(25)21-15-8-10-24(11-9-15)19-13-17(22-23-19)18-3-2-12-27-18/h2-7,12-13,15H,8-11H2,1H3,(H,21,25)(H,22,23)/b7-6+. The maximum absolute atomic E-state index is 12.1. The summed E-state index contributed by atoms with van der Waals surface area (Å²) in [6.45, 7) is 3.63. The maximum atomic E-state index is 12.1. The van der Waals surface area contributed by atoms with E-state index in [-0.39, 0.29) is 11.9 Å². The molecule has 140 valence electrons. The highest BCUT2D eigenvalue weighted by Gasteiger charge is 2.22. The number of carbonyl (C=O) groups is 1. The van der Waals surface area contributed by atoms with E-state index in [0.717, 1.165) is 43.2 Å². The summed E-state index contributed by atoms with van der Waals surface area (Å²) in [5, 5.41) is 12.7. The van der Waals surface area contributed by atoms with Gasteiger partial charge in [-0.05, 0) is 49.4 Å². The van der Waals surface area contributed by atoms with Gasteiger partial charge in [0.2, 0.25) is 5.91 Å². The molecule has 3 aromatic heterocycles. The summed E-state index contributed by atoms with van der Waals surface area (Å²) < 4.78 is 5.43. The summed E-state index contributed by atoms with van der Waals surface area (Å²) in [6, 6.07) is 10.1. The molecule has 1 amide bonds. The van der Waals surface area contributed by atoms with Crippen LogP contribution >= 0.6 is 11.3 Å². The molecule has 2 N–H and O–H groups in total. The Morgan fingerprint density at radius 2 is 2.22 bits per heavy atom.